The Balaban J connectivity index is 1.61. The summed E-state index contributed by atoms with van der Waals surface area (Å²) in [5, 5.41) is 18.9. The van der Waals surface area contributed by atoms with Gasteiger partial charge < -0.3 is 15.4 Å². The molecule has 1 aromatic carbocycles. The fraction of sp³-hybridized carbons (Fsp3) is 0.391. The lowest BCUT2D eigenvalue weighted by Gasteiger charge is -2.31. The minimum absolute atomic E-state index is 0.0749. The summed E-state index contributed by atoms with van der Waals surface area (Å²) >= 11 is 7.91. The highest BCUT2D eigenvalue weighted by Gasteiger charge is 2.29. The van der Waals surface area contributed by atoms with E-state index in [4.69, 9.17) is 22.3 Å². The van der Waals surface area contributed by atoms with Crippen molar-refractivity contribution in [1.29, 1.82) is 0 Å². The van der Waals surface area contributed by atoms with Crippen molar-refractivity contribution in [3.8, 4) is 23.0 Å². The second-order valence-corrected chi connectivity index (χ2v) is 10.5. The molecular formula is C23H25ClFN7OS. The van der Waals surface area contributed by atoms with Crippen LogP contribution in [0.2, 0.25) is 0 Å². The van der Waals surface area contributed by atoms with Crippen LogP contribution in [-0.4, -0.2) is 51.6 Å². The van der Waals surface area contributed by atoms with Gasteiger partial charge in [-0.25, -0.2) is 14.4 Å². The van der Waals surface area contributed by atoms with E-state index in [1.54, 1.807) is 30.4 Å². The molecule has 3 N–H and O–H groups in total. The van der Waals surface area contributed by atoms with Crippen LogP contribution in [0.3, 0.4) is 0 Å². The standard InChI is InChI=1S/C23H25ClFN7OS/c24-20(11-26)34-13-14-3-1-4-15(9-14)31-18-10-21(32-28-7-8-29-32)27-12-17(18)30-23(31)22-16(25)5-2-6-19(22)33/h2,5-8,10,12,14-15,20,33H,1,3-4,9,11,13,26H2. The van der Waals surface area contributed by atoms with Crippen LogP contribution < -0.4 is 5.73 Å². The van der Waals surface area contributed by atoms with E-state index in [2.05, 4.69) is 19.7 Å². The van der Waals surface area contributed by atoms with Crippen LogP contribution in [0.25, 0.3) is 28.2 Å². The number of aromatic hydroxyl groups is 1. The summed E-state index contributed by atoms with van der Waals surface area (Å²) in [5.41, 5.74) is 7.19. The van der Waals surface area contributed by atoms with Gasteiger partial charge in [-0.2, -0.15) is 10.2 Å². The van der Waals surface area contributed by atoms with Crippen molar-refractivity contribution in [2.24, 2.45) is 11.7 Å². The van der Waals surface area contributed by atoms with Gasteiger partial charge in [-0.1, -0.05) is 12.5 Å². The first-order chi connectivity index (χ1) is 16.5. The molecule has 1 fully saturated rings. The highest BCUT2D eigenvalue weighted by Crippen LogP contribution is 2.42. The van der Waals surface area contributed by atoms with E-state index in [0.717, 1.165) is 37.0 Å². The van der Waals surface area contributed by atoms with Crippen LogP contribution >= 0.6 is 23.4 Å². The predicted octanol–water partition coefficient (Wildman–Crippen LogP) is 4.51. The third-order valence-electron chi connectivity index (χ3n) is 6.22. The fourth-order valence-electron chi connectivity index (χ4n) is 4.67. The SMILES string of the molecule is NCC(Cl)SCC1CCCC(n2c(-c3c(O)cccc3F)nc3cnc(-n4nccn4)cc32)C1. The summed E-state index contributed by atoms with van der Waals surface area (Å²) in [6, 6.07) is 6.24. The third-order valence-corrected chi connectivity index (χ3v) is 7.99. The van der Waals surface area contributed by atoms with Crippen LogP contribution in [-0.2, 0) is 0 Å². The molecule has 3 unspecified atom stereocenters. The van der Waals surface area contributed by atoms with Gasteiger partial charge in [0, 0.05) is 18.7 Å². The molecule has 3 aromatic heterocycles. The predicted molar refractivity (Wildman–Crippen MR) is 132 cm³/mol. The average Bonchev–Trinajstić information content (AvgIpc) is 3.50. The highest BCUT2D eigenvalue weighted by molar-refractivity contribution is 8.01. The van der Waals surface area contributed by atoms with Gasteiger partial charge in [-0.15, -0.1) is 28.2 Å². The number of hydrogen-bond acceptors (Lipinski definition) is 7. The molecule has 0 amide bonds. The van der Waals surface area contributed by atoms with Crippen molar-refractivity contribution in [2.45, 2.75) is 36.4 Å². The Hall–Kier alpha value is -2.69. The lowest BCUT2D eigenvalue weighted by molar-refractivity contribution is 0.291. The molecule has 11 heteroatoms. The van der Waals surface area contributed by atoms with Crippen molar-refractivity contribution in [3.63, 3.8) is 0 Å². The summed E-state index contributed by atoms with van der Waals surface area (Å²) in [5.74, 6) is 1.64. The van der Waals surface area contributed by atoms with Crippen molar-refractivity contribution >= 4 is 34.4 Å². The van der Waals surface area contributed by atoms with Crippen LogP contribution in [0.1, 0.15) is 31.7 Å². The molecular weight excluding hydrogens is 477 g/mol. The Bertz CT molecular complexity index is 1260. The second-order valence-electron chi connectivity index (χ2n) is 8.45. The van der Waals surface area contributed by atoms with Crippen molar-refractivity contribution in [2.75, 3.05) is 12.3 Å². The fourth-order valence-corrected chi connectivity index (χ4v) is 5.81. The van der Waals surface area contributed by atoms with Crippen LogP contribution in [0.5, 0.6) is 5.75 Å². The molecule has 1 aliphatic carbocycles. The third kappa shape index (κ3) is 4.49. The van der Waals surface area contributed by atoms with Crippen molar-refractivity contribution in [1.82, 2.24) is 29.5 Å². The van der Waals surface area contributed by atoms with E-state index < -0.39 is 5.82 Å². The van der Waals surface area contributed by atoms with Gasteiger partial charge in [0.25, 0.3) is 0 Å². The normalized spacial score (nSPS) is 19.5. The first-order valence-corrected chi connectivity index (χ1v) is 12.7. The molecule has 0 spiro atoms. The molecule has 0 saturated heterocycles. The molecule has 4 aromatic rings. The number of rotatable bonds is 7. The first-order valence-electron chi connectivity index (χ1n) is 11.2. The van der Waals surface area contributed by atoms with Gasteiger partial charge in [0.15, 0.2) is 5.82 Å². The maximum atomic E-state index is 15.0. The zero-order valence-corrected chi connectivity index (χ0v) is 20.0. The molecule has 5 rings (SSSR count). The molecule has 0 aliphatic heterocycles. The summed E-state index contributed by atoms with van der Waals surface area (Å²) < 4.78 is 16.9. The van der Waals surface area contributed by atoms with E-state index >= 15 is 0 Å². The van der Waals surface area contributed by atoms with E-state index in [1.807, 2.05) is 6.07 Å². The van der Waals surface area contributed by atoms with Gasteiger partial charge in [0.1, 0.15) is 22.9 Å². The molecule has 178 valence electrons. The topological polar surface area (TPSA) is 108 Å². The maximum Gasteiger partial charge on any atom is 0.176 e. The minimum atomic E-state index is -0.519. The molecule has 3 heterocycles. The Morgan fingerprint density at radius 1 is 1.26 bits per heavy atom. The number of aromatic nitrogens is 6. The number of imidazole rings is 1. The first kappa shape index (κ1) is 23.1. The Labute approximate surface area is 205 Å². The number of phenols is 1. The zero-order chi connectivity index (χ0) is 23.7. The molecule has 1 saturated carbocycles. The van der Waals surface area contributed by atoms with Gasteiger partial charge in [0.2, 0.25) is 0 Å². The molecule has 3 atom stereocenters. The molecule has 0 bridgehead atoms. The van der Waals surface area contributed by atoms with Gasteiger partial charge in [-0.3, -0.25) is 0 Å². The quantitative estimate of drug-likeness (QED) is 0.358. The monoisotopic (exact) mass is 501 g/mol. The maximum absolute atomic E-state index is 15.0. The summed E-state index contributed by atoms with van der Waals surface area (Å²) in [4.78, 5) is 10.6. The summed E-state index contributed by atoms with van der Waals surface area (Å²) in [6.45, 7) is 0.433. The van der Waals surface area contributed by atoms with Gasteiger partial charge in [0.05, 0.1) is 34.4 Å². The number of thioether (sulfide) groups is 1. The van der Waals surface area contributed by atoms with E-state index in [1.165, 1.54) is 23.0 Å². The molecule has 1 aliphatic rings. The Morgan fingerprint density at radius 3 is 2.85 bits per heavy atom. The number of alkyl halides is 1. The van der Waals surface area contributed by atoms with Gasteiger partial charge >= 0.3 is 0 Å². The van der Waals surface area contributed by atoms with E-state index in [9.17, 15) is 9.50 Å². The number of nitrogens with zero attached hydrogens (tertiary/aromatic N) is 6. The zero-order valence-electron chi connectivity index (χ0n) is 18.4. The number of halogens is 2. The van der Waals surface area contributed by atoms with Crippen LogP contribution in [0.15, 0.2) is 42.9 Å². The lowest BCUT2D eigenvalue weighted by atomic mass is 9.86. The Kier molecular flexibility index (Phi) is 6.71. The van der Waals surface area contributed by atoms with Crippen LogP contribution in [0, 0.1) is 11.7 Å². The summed E-state index contributed by atoms with van der Waals surface area (Å²) in [6.07, 6.45) is 8.77. The van der Waals surface area contributed by atoms with Crippen molar-refractivity contribution < 1.29 is 9.50 Å². The van der Waals surface area contributed by atoms with E-state index in [0.29, 0.717) is 29.6 Å². The molecule has 8 nitrogen and oxygen atoms in total. The van der Waals surface area contributed by atoms with Gasteiger partial charge in [-0.05, 0) is 43.1 Å². The number of phenolic OH excluding ortho intramolecular Hbond substituents is 1. The number of hydrogen-bond donors (Lipinski definition) is 2. The summed E-state index contributed by atoms with van der Waals surface area (Å²) in [7, 11) is 0. The second kappa shape index (κ2) is 9.89. The average molecular weight is 502 g/mol. The smallest absolute Gasteiger partial charge is 0.176 e. The number of nitrogens with two attached hydrogens (primary N) is 1. The highest BCUT2D eigenvalue weighted by atomic mass is 35.5. The Morgan fingerprint density at radius 2 is 2.09 bits per heavy atom. The largest absolute Gasteiger partial charge is 0.507 e. The minimum Gasteiger partial charge on any atom is -0.507 e. The number of fused-ring (bicyclic) bond motifs is 1. The van der Waals surface area contributed by atoms with E-state index in [-0.39, 0.29) is 22.1 Å². The van der Waals surface area contributed by atoms with Crippen molar-refractivity contribution in [3.05, 3.63) is 48.7 Å². The number of benzene rings is 1. The molecule has 0 radical (unpaired) electrons. The molecule has 34 heavy (non-hydrogen) atoms. The number of pyridine rings is 1. The lowest BCUT2D eigenvalue weighted by Crippen LogP contribution is -2.22. The van der Waals surface area contributed by atoms with Crippen LogP contribution in [0.4, 0.5) is 4.39 Å².